The minimum atomic E-state index is -3.52. The van der Waals surface area contributed by atoms with E-state index in [9.17, 15) is 8.42 Å². The summed E-state index contributed by atoms with van der Waals surface area (Å²) in [6, 6.07) is 13.4. The zero-order chi connectivity index (χ0) is 15.3. The zero-order valence-corrected chi connectivity index (χ0v) is 12.9. The van der Waals surface area contributed by atoms with Crippen LogP contribution in [0.4, 0.5) is 0 Å². The van der Waals surface area contributed by atoms with E-state index < -0.39 is 10.0 Å². The molecule has 0 aromatic heterocycles. The maximum absolute atomic E-state index is 12.1. The first kappa shape index (κ1) is 16.0. The van der Waals surface area contributed by atoms with E-state index in [0.717, 1.165) is 5.56 Å². The lowest BCUT2D eigenvalue weighted by Gasteiger charge is -2.07. The van der Waals surface area contributed by atoms with Crippen molar-refractivity contribution in [3.8, 4) is 0 Å². The largest absolute Gasteiger partial charge is 0.392 e. The SMILES string of the molecule is O=S(=O)(NCCc1ccc(Cl)cc1)c1ccc(CO)cc1. The average Bonchev–Trinajstić information content (AvgIpc) is 2.49. The highest BCUT2D eigenvalue weighted by Gasteiger charge is 2.12. The third-order valence-corrected chi connectivity index (χ3v) is 4.76. The van der Waals surface area contributed by atoms with E-state index >= 15 is 0 Å². The second-order valence-corrected chi connectivity index (χ2v) is 6.78. The number of sulfonamides is 1. The number of halogens is 1. The first-order chi connectivity index (χ1) is 10.0. The predicted molar refractivity (Wildman–Crippen MR) is 82.7 cm³/mol. The van der Waals surface area contributed by atoms with Gasteiger partial charge in [-0.15, -0.1) is 0 Å². The lowest BCUT2D eigenvalue weighted by molar-refractivity contribution is 0.282. The fraction of sp³-hybridized carbons (Fsp3) is 0.200. The molecule has 0 heterocycles. The van der Waals surface area contributed by atoms with Crippen LogP contribution in [0.5, 0.6) is 0 Å². The van der Waals surface area contributed by atoms with E-state index in [1.807, 2.05) is 12.1 Å². The highest BCUT2D eigenvalue weighted by atomic mass is 35.5. The van der Waals surface area contributed by atoms with Crippen molar-refractivity contribution in [2.75, 3.05) is 6.54 Å². The van der Waals surface area contributed by atoms with Crippen LogP contribution in [0.2, 0.25) is 5.02 Å². The Morgan fingerprint density at radius 1 is 0.952 bits per heavy atom. The van der Waals surface area contributed by atoms with Crippen LogP contribution in [0, 0.1) is 0 Å². The molecule has 0 aliphatic carbocycles. The normalized spacial score (nSPS) is 11.5. The van der Waals surface area contributed by atoms with Crippen LogP contribution in [0.15, 0.2) is 53.4 Å². The summed E-state index contributed by atoms with van der Waals surface area (Å²) in [5.41, 5.74) is 1.69. The Morgan fingerprint density at radius 2 is 1.52 bits per heavy atom. The van der Waals surface area contributed by atoms with Crippen LogP contribution in [0.1, 0.15) is 11.1 Å². The fourth-order valence-electron chi connectivity index (χ4n) is 1.84. The van der Waals surface area contributed by atoms with Crippen molar-refractivity contribution in [2.45, 2.75) is 17.9 Å². The summed E-state index contributed by atoms with van der Waals surface area (Å²) >= 11 is 5.79. The van der Waals surface area contributed by atoms with Crippen LogP contribution >= 0.6 is 11.6 Å². The second-order valence-electron chi connectivity index (χ2n) is 4.58. The molecule has 2 aromatic rings. The standard InChI is InChI=1S/C15H16ClNO3S/c16-14-5-1-12(2-6-14)9-10-17-21(19,20)15-7-3-13(11-18)4-8-15/h1-8,17-18H,9-11H2. The predicted octanol–water partition coefficient (Wildman–Crippen LogP) is 2.35. The van der Waals surface area contributed by atoms with Crippen molar-refractivity contribution in [1.29, 1.82) is 0 Å². The Labute approximate surface area is 129 Å². The van der Waals surface area contributed by atoms with E-state index in [1.165, 1.54) is 12.1 Å². The van der Waals surface area contributed by atoms with Crippen LogP contribution in [0.25, 0.3) is 0 Å². The molecule has 6 heteroatoms. The van der Waals surface area contributed by atoms with E-state index in [2.05, 4.69) is 4.72 Å². The summed E-state index contributed by atoms with van der Waals surface area (Å²) in [6.45, 7) is 0.204. The zero-order valence-electron chi connectivity index (χ0n) is 11.3. The Bertz CT molecular complexity index is 682. The van der Waals surface area contributed by atoms with Gasteiger partial charge in [-0.1, -0.05) is 35.9 Å². The van der Waals surface area contributed by atoms with Crippen molar-refractivity contribution in [3.05, 3.63) is 64.7 Å². The third-order valence-electron chi connectivity index (χ3n) is 3.04. The van der Waals surface area contributed by atoms with Crippen LogP contribution < -0.4 is 4.72 Å². The average molecular weight is 326 g/mol. The molecule has 0 atom stereocenters. The first-order valence-corrected chi connectivity index (χ1v) is 8.31. The molecule has 0 unspecified atom stereocenters. The van der Waals surface area contributed by atoms with Crippen molar-refractivity contribution >= 4 is 21.6 Å². The molecule has 0 spiro atoms. The Kier molecular flexibility index (Phi) is 5.36. The first-order valence-electron chi connectivity index (χ1n) is 6.45. The van der Waals surface area contributed by atoms with Gasteiger partial charge in [0.2, 0.25) is 10.0 Å². The van der Waals surface area contributed by atoms with Gasteiger partial charge in [-0.2, -0.15) is 0 Å². The number of nitrogens with one attached hydrogen (secondary N) is 1. The van der Waals surface area contributed by atoms with E-state index in [0.29, 0.717) is 23.6 Å². The molecule has 112 valence electrons. The van der Waals surface area contributed by atoms with Gasteiger partial charge in [-0.25, -0.2) is 13.1 Å². The van der Waals surface area contributed by atoms with E-state index in [-0.39, 0.29) is 11.5 Å². The lowest BCUT2D eigenvalue weighted by atomic mass is 10.2. The van der Waals surface area contributed by atoms with Gasteiger partial charge < -0.3 is 5.11 Å². The molecule has 2 N–H and O–H groups in total. The highest BCUT2D eigenvalue weighted by Crippen LogP contribution is 2.12. The Balaban J connectivity index is 1.95. The monoisotopic (exact) mass is 325 g/mol. The molecule has 0 saturated carbocycles. The number of hydrogen-bond acceptors (Lipinski definition) is 3. The summed E-state index contributed by atoms with van der Waals surface area (Å²) in [5.74, 6) is 0. The van der Waals surface area contributed by atoms with Crippen LogP contribution in [-0.2, 0) is 23.1 Å². The second kappa shape index (κ2) is 7.04. The van der Waals surface area contributed by atoms with Crippen molar-refractivity contribution in [1.82, 2.24) is 4.72 Å². The molecule has 21 heavy (non-hydrogen) atoms. The number of aliphatic hydroxyl groups is 1. The summed E-state index contributed by atoms with van der Waals surface area (Å²) in [4.78, 5) is 0.191. The van der Waals surface area contributed by atoms with Crippen LogP contribution in [0.3, 0.4) is 0 Å². The smallest absolute Gasteiger partial charge is 0.240 e. The number of benzene rings is 2. The minimum absolute atomic E-state index is 0.107. The van der Waals surface area contributed by atoms with Gasteiger partial charge in [0.05, 0.1) is 11.5 Å². The number of rotatable bonds is 6. The van der Waals surface area contributed by atoms with Gasteiger partial charge in [0, 0.05) is 11.6 Å². The molecule has 0 aliphatic heterocycles. The summed E-state index contributed by atoms with van der Waals surface area (Å²) in [6.07, 6.45) is 0.588. The van der Waals surface area contributed by atoms with Crippen molar-refractivity contribution in [2.24, 2.45) is 0 Å². The van der Waals surface area contributed by atoms with Gasteiger partial charge in [0.25, 0.3) is 0 Å². The Hall–Kier alpha value is -1.40. The topological polar surface area (TPSA) is 66.4 Å². The van der Waals surface area contributed by atoms with Gasteiger partial charge in [0.15, 0.2) is 0 Å². The fourth-order valence-corrected chi connectivity index (χ4v) is 3.00. The molecular weight excluding hydrogens is 310 g/mol. The maximum Gasteiger partial charge on any atom is 0.240 e. The van der Waals surface area contributed by atoms with Gasteiger partial charge in [0.1, 0.15) is 0 Å². The molecular formula is C15H16ClNO3S. The molecule has 2 rings (SSSR count). The highest BCUT2D eigenvalue weighted by molar-refractivity contribution is 7.89. The maximum atomic E-state index is 12.1. The molecule has 0 bridgehead atoms. The number of hydrogen-bond donors (Lipinski definition) is 2. The van der Waals surface area contributed by atoms with Crippen LogP contribution in [-0.4, -0.2) is 20.1 Å². The summed E-state index contributed by atoms with van der Waals surface area (Å²) in [5, 5.41) is 9.60. The van der Waals surface area contributed by atoms with Gasteiger partial charge in [-0.3, -0.25) is 0 Å². The van der Waals surface area contributed by atoms with Gasteiger partial charge in [-0.05, 0) is 41.8 Å². The molecule has 0 saturated heterocycles. The minimum Gasteiger partial charge on any atom is -0.392 e. The molecule has 4 nitrogen and oxygen atoms in total. The Morgan fingerprint density at radius 3 is 2.10 bits per heavy atom. The van der Waals surface area contributed by atoms with Crippen molar-refractivity contribution in [3.63, 3.8) is 0 Å². The lowest BCUT2D eigenvalue weighted by Crippen LogP contribution is -2.26. The van der Waals surface area contributed by atoms with Gasteiger partial charge >= 0.3 is 0 Å². The van der Waals surface area contributed by atoms with E-state index in [4.69, 9.17) is 16.7 Å². The van der Waals surface area contributed by atoms with Crippen molar-refractivity contribution < 1.29 is 13.5 Å². The molecule has 2 aromatic carbocycles. The number of aliphatic hydroxyl groups excluding tert-OH is 1. The third kappa shape index (κ3) is 4.54. The molecule has 0 fully saturated rings. The molecule has 0 radical (unpaired) electrons. The van der Waals surface area contributed by atoms with E-state index in [1.54, 1.807) is 24.3 Å². The molecule has 0 amide bonds. The summed E-state index contributed by atoms with van der Waals surface area (Å²) in [7, 11) is -3.52. The summed E-state index contributed by atoms with van der Waals surface area (Å²) < 4.78 is 26.7. The molecule has 0 aliphatic rings. The quantitative estimate of drug-likeness (QED) is 0.856.